The summed E-state index contributed by atoms with van der Waals surface area (Å²) < 4.78 is 26.9. The predicted octanol–water partition coefficient (Wildman–Crippen LogP) is 1.51. The molecule has 5 nitrogen and oxygen atoms in total. The SMILES string of the molecule is Cc1ccc(C)c(S(=O)(=O)NCc2cn[nH]c2)c1. The minimum atomic E-state index is -3.48. The molecule has 2 rings (SSSR count). The fourth-order valence-electron chi connectivity index (χ4n) is 1.63. The zero-order chi connectivity index (χ0) is 13.2. The van der Waals surface area contributed by atoms with Crippen LogP contribution in [0, 0.1) is 13.8 Å². The molecule has 0 saturated carbocycles. The van der Waals surface area contributed by atoms with Gasteiger partial charge in [-0.3, -0.25) is 5.10 Å². The first-order valence-corrected chi connectivity index (χ1v) is 7.02. The fraction of sp³-hybridized carbons (Fsp3) is 0.250. The van der Waals surface area contributed by atoms with Gasteiger partial charge in [0.1, 0.15) is 0 Å². The first kappa shape index (κ1) is 12.8. The van der Waals surface area contributed by atoms with Gasteiger partial charge >= 0.3 is 0 Å². The first-order valence-electron chi connectivity index (χ1n) is 5.53. The Bertz CT molecular complexity index is 633. The van der Waals surface area contributed by atoms with E-state index in [0.717, 1.165) is 16.7 Å². The Kier molecular flexibility index (Phi) is 3.49. The van der Waals surface area contributed by atoms with E-state index < -0.39 is 10.0 Å². The molecule has 0 aliphatic rings. The number of rotatable bonds is 4. The highest BCUT2D eigenvalue weighted by atomic mass is 32.2. The standard InChI is InChI=1S/C12H15N3O2S/c1-9-3-4-10(2)12(5-9)18(16,17)15-8-11-6-13-14-7-11/h3-7,15H,8H2,1-2H3,(H,13,14). The number of benzene rings is 1. The van der Waals surface area contributed by atoms with E-state index in [1.807, 2.05) is 19.1 Å². The third-order valence-electron chi connectivity index (χ3n) is 2.65. The van der Waals surface area contributed by atoms with Gasteiger partial charge in [-0.05, 0) is 31.0 Å². The van der Waals surface area contributed by atoms with Gasteiger partial charge in [-0.1, -0.05) is 12.1 Å². The number of H-pyrrole nitrogens is 1. The Morgan fingerprint density at radius 1 is 1.33 bits per heavy atom. The van der Waals surface area contributed by atoms with Crippen LogP contribution in [0.15, 0.2) is 35.5 Å². The lowest BCUT2D eigenvalue weighted by Crippen LogP contribution is -2.23. The van der Waals surface area contributed by atoms with E-state index in [2.05, 4.69) is 14.9 Å². The number of nitrogens with zero attached hydrogens (tertiary/aromatic N) is 1. The molecule has 1 aromatic carbocycles. The van der Waals surface area contributed by atoms with Crippen LogP contribution in [0.3, 0.4) is 0 Å². The van der Waals surface area contributed by atoms with Crippen molar-refractivity contribution in [2.45, 2.75) is 25.3 Å². The minimum absolute atomic E-state index is 0.228. The Morgan fingerprint density at radius 2 is 2.11 bits per heavy atom. The number of aromatic amines is 1. The van der Waals surface area contributed by atoms with Crippen molar-refractivity contribution in [3.8, 4) is 0 Å². The van der Waals surface area contributed by atoms with Gasteiger partial charge in [0.2, 0.25) is 10.0 Å². The van der Waals surface area contributed by atoms with Crippen molar-refractivity contribution in [1.82, 2.24) is 14.9 Å². The number of hydrogen-bond donors (Lipinski definition) is 2. The van der Waals surface area contributed by atoms with Crippen LogP contribution in [0.4, 0.5) is 0 Å². The zero-order valence-corrected chi connectivity index (χ0v) is 11.1. The highest BCUT2D eigenvalue weighted by Crippen LogP contribution is 2.16. The molecule has 0 aliphatic heterocycles. The Balaban J connectivity index is 2.22. The summed E-state index contributed by atoms with van der Waals surface area (Å²) in [6.07, 6.45) is 3.25. The van der Waals surface area contributed by atoms with E-state index in [0.29, 0.717) is 4.90 Å². The number of nitrogens with one attached hydrogen (secondary N) is 2. The average Bonchev–Trinajstić information content (AvgIpc) is 2.83. The van der Waals surface area contributed by atoms with Gasteiger partial charge in [-0.25, -0.2) is 13.1 Å². The van der Waals surface area contributed by atoms with Gasteiger partial charge in [-0.15, -0.1) is 0 Å². The van der Waals surface area contributed by atoms with Gasteiger partial charge in [-0.2, -0.15) is 5.10 Å². The van der Waals surface area contributed by atoms with Crippen LogP contribution in [0.5, 0.6) is 0 Å². The van der Waals surface area contributed by atoms with Crippen LogP contribution in [-0.4, -0.2) is 18.6 Å². The maximum atomic E-state index is 12.2. The normalized spacial score (nSPS) is 11.7. The summed E-state index contributed by atoms with van der Waals surface area (Å²) in [6, 6.07) is 5.37. The number of aryl methyl sites for hydroxylation is 2. The topological polar surface area (TPSA) is 74.8 Å². The summed E-state index contributed by atoms with van der Waals surface area (Å²) in [5.74, 6) is 0. The number of sulfonamides is 1. The minimum Gasteiger partial charge on any atom is -0.285 e. The monoisotopic (exact) mass is 265 g/mol. The van der Waals surface area contributed by atoms with Gasteiger partial charge in [0.25, 0.3) is 0 Å². The quantitative estimate of drug-likeness (QED) is 0.879. The molecule has 0 amide bonds. The molecule has 96 valence electrons. The van der Waals surface area contributed by atoms with E-state index in [1.165, 1.54) is 0 Å². The summed E-state index contributed by atoms with van der Waals surface area (Å²) in [4.78, 5) is 0.325. The van der Waals surface area contributed by atoms with Crippen LogP contribution in [-0.2, 0) is 16.6 Å². The second-order valence-corrected chi connectivity index (χ2v) is 5.94. The molecule has 2 aromatic rings. The van der Waals surface area contributed by atoms with E-state index >= 15 is 0 Å². The van der Waals surface area contributed by atoms with Gasteiger partial charge < -0.3 is 0 Å². The summed E-state index contributed by atoms with van der Waals surface area (Å²) in [5, 5.41) is 6.41. The van der Waals surface area contributed by atoms with E-state index in [4.69, 9.17) is 0 Å². The van der Waals surface area contributed by atoms with Crippen LogP contribution < -0.4 is 4.72 Å². The van der Waals surface area contributed by atoms with Gasteiger partial charge in [0.15, 0.2) is 0 Å². The summed E-state index contributed by atoms with van der Waals surface area (Å²) in [7, 11) is -3.48. The average molecular weight is 265 g/mol. The van der Waals surface area contributed by atoms with E-state index in [9.17, 15) is 8.42 Å². The van der Waals surface area contributed by atoms with Crippen LogP contribution in [0.25, 0.3) is 0 Å². The Hall–Kier alpha value is -1.66. The summed E-state index contributed by atoms with van der Waals surface area (Å²) in [5.41, 5.74) is 2.45. The van der Waals surface area contributed by atoms with Crippen molar-refractivity contribution in [1.29, 1.82) is 0 Å². The molecule has 0 fully saturated rings. The molecule has 0 spiro atoms. The molecular weight excluding hydrogens is 250 g/mol. The third kappa shape index (κ3) is 2.77. The predicted molar refractivity (Wildman–Crippen MR) is 68.5 cm³/mol. The summed E-state index contributed by atoms with van der Waals surface area (Å²) in [6.45, 7) is 3.88. The Labute approximate surface area is 106 Å². The largest absolute Gasteiger partial charge is 0.285 e. The molecule has 1 heterocycles. The highest BCUT2D eigenvalue weighted by molar-refractivity contribution is 7.89. The van der Waals surface area contributed by atoms with E-state index in [1.54, 1.807) is 25.4 Å². The summed E-state index contributed by atoms with van der Waals surface area (Å²) >= 11 is 0. The van der Waals surface area contributed by atoms with Crippen LogP contribution in [0.1, 0.15) is 16.7 Å². The third-order valence-corrected chi connectivity index (χ3v) is 4.20. The van der Waals surface area contributed by atoms with Crippen LogP contribution in [0.2, 0.25) is 0 Å². The lowest BCUT2D eigenvalue weighted by molar-refractivity contribution is 0.580. The first-order chi connectivity index (χ1) is 8.49. The fourth-order valence-corrected chi connectivity index (χ4v) is 2.97. The van der Waals surface area contributed by atoms with Crippen molar-refractivity contribution in [2.24, 2.45) is 0 Å². The van der Waals surface area contributed by atoms with Crippen molar-refractivity contribution in [3.63, 3.8) is 0 Å². The molecule has 0 atom stereocenters. The van der Waals surface area contributed by atoms with E-state index in [-0.39, 0.29) is 6.54 Å². The number of hydrogen-bond acceptors (Lipinski definition) is 3. The van der Waals surface area contributed by atoms with Gasteiger partial charge in [0.05, 0.1) is 11.1 Å². The second-order valence-electron chi connectivity index (χ2n) is 4.20. The lowest BCUT2D eigenvalue weighted by atomic mass is 10.2. The molecule has 0 radical (unpaired) electrons. The maximum absolute atomic E-state index is 12.2. The molecule has 1 aromatic heterocycles. The Morgan fingerprint density at radius 3 is 2.78 bits per heavy atom. The molecule has 0 saturated heterocycles. The van der Waals surface area contributed by atoms with Gasteiger partial charge in [0, 0.05) is 18.3 Å². The van der Waals surface area contributed by atoms with Crippen molar-refractivity contribution in [2.75, 3.05) is 0 Å². The highest BCUT2D eigenvalue weighted by Gasteiger charge is 2.16. The molecular formula is C12H15N3O2S. The molecule has 0 unspecified atom stereocenters. The van der Waals surface area contributed by atoms with Crippen molar-refractivity contribution >= 4 is 10.0 Å². The molecule has 18 heavy (non-hydrogen) atoms. The smallest absolute Gasteiger partial charge is 0.241 e. The van der Waals surface area contributed by atoms with Crippen molar-refractivity contribution in [3.05, 3.63) is 47.3 Å². The maximum Gasteiger partial charge on any atom is 0.241 e. The van der Waals surface area contributed by atoms with Crippen LogP contribution >= 0.6 is 0 Å². The van der Waals surface area contributed by atoms with Crippen molar-refractivity contribution < 1.29 is 8.42 Å². The zero-order valence-electron chi connectivity index (χ0n) is 10.3. The molecule has 6 heteroatoms. The lowest BCUT2D eigenvalue weighted by Gasteiger charge is -2.09. The number of aromatic nitrogens is 2. The molecule has 2 N–H and O–H groups in total. The molecule has 0 bridgehead atoms. The second kappa shape index (κ2) is 4.91. The molecule has 0 aliphatic carbocycles.